The van der Waals surface area contributed by atoms with E-state index < -0.39 is 0 Å². The molecule has 0 N–H and O–H groups in total. The van der Waals surface area contributed by atoms with Crippen molar-refractivity contribution in [1.29, 1.82) is 0 Å². The lowest BCUT2D eigenvalue weighted by atomic mass is 9.72. The topological polar surface area (TPSA) is 27.7 Å². The van der Waals surface area contributed by atoms with Crippen LogP contribution in [0.2, 0.25) is 0 Å². The molecular weight excluding hydrogens is 300 g/mol. The molecule has 0 aromatic carbocycles. The second kappa shape index (κ2) is 9.00. The van der Waals surface area contributed by atoms with Crippen LogP contribution in [0.5, 0.6) is 0 Å². The molecule has 1 aliphatic heterocycles. The van der Waals surface area contributed by atoms with Crippen LogP contribution in [-0.4, -0.2) is 37.6 Å². The number of fused-ring (bicyclic) bond motifs is 3. The summed E-state index contributed by atoms with van der Waals surface area (Å²) >= 11 is 0. The lowest BCUT2D eigenvalue weighted by Crippen LogP contribution is -2.35. The fourth-order valence-electron chi connectivity index (χ4n) is 5.08. The van der Waals surface area contributed by atoms with Gasteiger partial charge in [0.05, 0.1) is 24.4 Å². The first-order chi connectivity index (χ1) is 11.7. The van der Waals surface area contributed by atoms with Gasteiger partial charge < -0.3 is 14.2 Å². The molecule has 2 saturated carbocycles. The SMILES string of the molecule is CCCOC1CCC2C(C1)OC1CC(OCCCC(C)C)CCC12. The van der Waals surface area contributed by atoms with Crippen LogP contribution in [0.3, 0.4) is 0 Å². The largest absolute Gasteiger partial charge is 0.378 e. The zero-order chi connectivity index (χ0) is 16.9. The molecule has 2 aliphatic carbocycles. The zero-order valence-corrected chi connectivity index (χ0v) is 16.0. The first-order valence-electron chi connectivity index (χ1n) is 10.6. The molecule has 0 radical (unpaired) electrons. The fourth-order valence-corrected chi connectivity index (χ4v) is 5.08. The predicted molar refractivity (Wildman–Crippen MR) is 97.2 cm³/mol. The molecule has 3 heteroatoms. The van der Waals surface area contributed by atoms with E-state index in [1.165, 1.54) is 38.5 Å². The van der Waals surface area contributed by atoms with Crippen molar-refractivity contribution < 1.29 is 14.2 Å². The minimum absolute atomic E-state index is 0.436. The van der Waals surface area contributed by atoms with Crippen molar-refractivity contribution in [2.45, 2.75) is 103 Å². The van der Waals surface area contributed by atoms with Crippen LogP contribution >= 0.6 is 0 Å². The van der Waals surface area contributed by atoms with E-state index in [-0.39, 0.29) is 0 Å². The number of hydrogen-bond donors (Lipinski definition) is 0. The molecule has 1 heterocycles. The lowest BCUT2D eigenvalue weighted by molar-refractivity contribution is -0.0679. The highest BCUT2D eigenvalue weighted by molar-refractivity contribution is 4.98. The Morgan fingerprint density at radius 1 is 0.875 bits per heavy atom. The van der Waals surface area contributed by atoms with E-state index in [0.29, 0.717) is 24.4 Å². The molecule has 0 aromatic rings. The molecule has 24 heavy (non-hydrogen) atoms. The Morgan fingerprint density at radius 2 is 1.46 bits per heavy atom. The Hall–Kier alpha value is -0.120. The molecule has 3 rings (SSSR count). The molecule has 3 fully saturated rings. The maximum Gasteiger partial charge on any atom is 0.0635 e. The molecular formula is C21H38O3. The Balaban J connectivity index is 1.42. The van der Waals surface area contributed by atoms with Crippen molar-refractivity contribution in [1.82, 2.24) is 0 Å². The number of rotatable bonds is 8. The van der Waals surface area contributed by atoms with Crippen LogP contribution in [0.25, 0.3) is 0 Å². The Morgan fingerprint density at radius 3 is 2.00 bits per heavy atom. The predicted octanol–water partition coefficient (Wildman–Crippen LogP) is 4.97. The quantitative estimate of drug-likeness (QED) is 0.585. The van der Waals surface area contributed by atoms with E-state index in [2.05, 4.69) is 20.8 Å². The van der Waals surface area contributed by atoms with Gasteiger partial charge in [0.15, 0.2) is 0 Å². The summed E-state index contributed by atoms with van der Waals surface area (Å²) in [6.45, 7) is 8.60. The summed E-state index contributed by atoms with van der Waals surface area (Å²) in [6.07, 6.45) is 12.7. The van der Waals surface area contributed by atoms with E-state index in [0.717, 1.165) is 50.2 Å². The van der Waals surface area contributed by atoms with Gasteiger partial charge in [0, 0.05) is 26.1 Å². The maximum atomic E-state index is 6.49. The molecule has 6 unspecified atom stereocenters. The number of hydrogen-bond acceptors (Lipinski definition) is 3. The minimum atomic E-state index is 0.436. The smallest absolute Gasteiger partial charge is 0.0635 e. The van der Waals surface area contributed by atoms with E-state index >= 15 is 0 Å². The molecule has 3 nitrogen and oxygen atoms in total. The first kappa shape index (κ1) is 18.7. The van der Waals surface area contributed by atoms with Gasteiger partial charge in [0.25, 0.3) is 0 Å². The van der Waals surface area contributed by atoms with Gasteiger partial charge in [-0.15, -0.1) is 0 Å². The summed E-state index contributed by atoms with van der Waals surface area (Å²) in [5, 5.41) is 0. The average Bonchev–Trinajstić information content (AvgIpc) is 2.93. The summed E-state index contributed by atoms with van der Waals surface area (Å²) in [7, 11) is 0. The van der Waals surface area contributed by atoms with Gasteiger partial charge in [0.1, 0.15) is 0 Å². The summed E-state index contributed by atoms with van der Waals surface area (Å²) in [4.78, 5) is 0. The van der Waals surface area contributed by atoms with Crippen LogP contribution in [0, 0.1) is 17.8 Å². The summed E-state index contributed by atoms with van der Waals surface area (Å²) < 4.78 is 18.7. The molecule has 0 aromatic heterocycles. The van der Waals surface area contributed by atoms with Crippen molar-refractivity contribution in [3.8, 4) is 0 Å². The molecule has 1 saturated heterocycles. The monoisotopic (exact) mass is 338 g/mol. The summed E-state index contributed by atoms with van der Waals surface area (Å²) in [6, 6.07) is 0. The average molecular weight is 339 g/mol. The fraction of sp³-hybridized carbons (Fsp3) is 1.00. The van der Waals surface area contributed by atoms with Gasteiger partial charge in [-0.25, -0.2) is 0 Å². The van der Waals surface area contributed by atoms with E-state index in [1.54, 1.807) is 0 Å². The molecule has 0 bridgehead atoms. The molecule has 3 aliphatic rings. The highest BCUT2D eigenvalue weighted by Crippen LogP contribution is 2.48. The third-order valence-corrected chi connectivity index (χ3v) is 6.33. The zero-order valence-electron chi connectivity index (χ0n) is 16.0. The van der Waals surface area contributed by atoms with Gasteiger partial charge in [-0.1, -0.05) is 20.8 Å². The van der Waals surface area contributed by atoms with Crippen molar-refractivity contribution >= 4 is 0 Å². The third kappa shape index (κ3) is 4.74. The Labute approximate surface area is 148 Å². The third-order valence-electron chi connectivity index (χ3n) is 6.33. The first-order valence-corrected chi connectivity index (χ1v) is 10.6. The van der Waals surface area contributed by atoms with Crippen LogP contribution in [-0.2, 0) is 14.2 Å². The second-order valence-corrected chi connectivity index (χ2v) is 8.69. The second-order valence-electron chi connectivity index (χ2n) is 8.69. The van der Waals surface area contributed by atoms with Crippen molar-refractivity contribution in [2.75, 3.05) is 13.2 Å². The minimum Gasteiger partial charge on any atom is -0.378 e. The standard InChI is InChI=1S/C21H38O3/c1-4-11-22-16-7-9-18-19-10-8-17(23-12-5-6-15(2)3)14-21(19)24-20(18)13-16/h15-21H,4-14H2,1-3H3. The van der Waals surface area contributed by atoms with Gasteiger partial charge in [0.2, 0.25) is 0 Å². The summed E-state index contributed by atoms with van der Waals surface area (Å²) in [5.74, 6) is 2.37. The van der Waals surface area contributed by atoms with Crippen LogP contribution < -0.4 is 0 Å². The van der Waals surface area contributed by atoms with E-state index in [1.807, 2.05) is 0 Å². The van der Waals surface area contributed by atoms with E-state index in [4.69, 9.17) is 14.2 Å². The summed E-state index contributed by atoms with van der Waals surface area (Å²) in [5.41, 5.74) is 0. The van der Waals surface area contributed by atoms with Crippen molar-refractivity contribution in [3.05, 3.63) is 0 Å². The maximum absolute atomic E-state index is 6.49. The van der Waals surface area contributed by atoms with Gasteiger partial charge >= 0.3 is 0 Å². The Kier molecular flexibility index (Phi) is 7.00. The normalized spacial score (nSPS) is 39.0. The van der Waals surface area contributed by atoms with Crippen molar-refractivity contribution in [3.63, 3.8) is 0 Å². The van der Waals surface area contributed by atoms with Crippen molar-refractivity contribution in [2.24, 2.45) is 17.8 Å². The molecule has 0 amide bonds. The van der Waals surface area contributed by atoms with Gasteiger partial charge in [-0.05, 0) is 62.7 Å². The lowest BCUT2D eigenvalue weighted by Gasteiger charge is -2.35. The molecule has 6 atom stereocenters. The van der Waals surface area contributed by atoms with Crippen LogP contribution in [0.15, 0.2) is 0 Å². The van der Waals surface area contributed by atoms with Gasteiger partial charge in [-0.2, -0.15) is 0 Å². The Bertz CT molecular complexity index is 370. The highest BCUT2D eigenvalue weighted by atomic mass is 16.5. The molecule has 140 valence electrons. The molecule has 0 spiro atoms. The van der Waals surface area contributed by atoms with Crippen LogP contribution in [0.4, 0.5) is 0 Å². The number of ether oxygens (including phenoxy) is 3. The van der Waals surface area contributed by atoms with E-state index in [9.17, 15) is 0 Å². The van der Waals surface area contributed by atoms with Crippen LogP contribution in [0.1, 0.15) is 78.6 Å². The highest BCUT2D eigenvalue weighted by Gasteiger charge is 2.49. The van der Waals surface area contributed by atoms with Gasteiger partial charge in [-0.3, -0.25) is 0 Å².